The summed E-state index contributed by atoms with van der Waals surface area (Å²) < 4.78 is 0.320. The highest BCUT2D eigenvalue weighted by Crippen LogP contribution is 2.46. The van der Waals surface area contributed by atoms with Crippen LogP contribution in [0.5, 0.6) is 5.75 Å². The van der Waals surface area contributed by atoms with Crippen LogP contribution < -0.4 is 11.1 Å². The van der Waals surface area contributed by atoms with E-state index in [0.29, 0.717) is 4.70 Å². The van der Waals surface area contributed by atoms with Crippen LogP contribution in [0.2, 0.25) is 10.0 Å². The van der Waals surface area contributed by atoms with E-state index in [9.17, 15) is 14.7 Å². The van der Waals surface area contributed by atoms with Crippen molar-refractivity contribution < 1.29 is 19.8 Å². The number of rotatable bonds is 2. The van der Waals surface area contributed by atoms with Crippen LogP contribution in [0.25, 0.3) is 10.1 Å². The molecule has 0 unspecified atom stereocenters. The van der Waals surface area contributed by atoms with Crippen LogP contribution in [0.1, 0.15) is 10.4 Å². The summed E-state index contributed by atoms with van der Waals surface area (Å²) in [6.45, 7) is 0. The fourth-order valence-electron chi connectivity index (χ4n) is 1.58. The number of benzene rings is 1. The predicted molar refractivity (Wildman–Crippen MR) is 73.7 cm³/mol. The summed E-state index contributed by atoms with van der Waals surface area (Å²) in [4.78, 5) is 22.1. The number of thiophene rings is 1. The maximum Gasteiger partial charge on any atom is 0.409 e. The Morgan fingerprint density at radius 2 is 2.00 bits per heavy atom. The van der Waals surface area contributed by atoms with E-state index in [2.05, 4.69) is 5.32 Å². The van der Waals surface area contributed by atoms with Crippen molar-refractivity contribution in [2.24, 2.45) is 5.73 Å². The van der Waals surface area contributed by atoms with Gasteiger partial charge < -0.3 is 15.9 Å². The smallest absolute Gasteiger partial charge is 0.409 e. The Kier molecular flexibility index (Phi) is 3.44. The topological polar surface area (TPSA) is 113 Å². The number of carboxylic acid groups (broad SMARTS) is 1. The third-order valence-electron chi connectivity index (χ3n) is 2.32. The molecule has 19 heavy (non-hydrogen) atoms. The van der Waals surface area contributed by atoms with Gasteiger partial charge in [0.1, 0.15) is 10.0 Å². The molecule has 0 spiro atoms. The summed E-state index contributed by atoms with van der Waals surface area (Å²) in [5.41, 5.74) is 5.19. The first-order valence-corrected chi connectivity index (χ1v) is 6.33. The van der Waals surface area contributed by atoms with Crippen LogP contribution in [0.3, 0.4) is 0 Å². The number of primary amides is 1. The Morgan fingerprint density at radius 3 is 2.53 bits per heavy atom. The zero-order chi connectivity index (χ0) is 14.3. The fraction of sp³-hybridized carbons (Fsp3) is 0. The number of hydrogen-bond donors (Lipinski definition) is 4. The van der Waals surface area contributed by atoms with Gasteiger partial charge in [0, 0.05) is 5.39 Å². The van der Waals surface area contributed by atoms with E-state index in [1.54, 1.807) is 0 Å². The number of fused-ring (bicyclic) bond motifs is 1. The zero-order valence-electron chi connectivity index (χ0n) is 9.03. The molecule has 100 valence electrons. The second-order valence-electron chi connectivity index (χ2n) is 3.50. The van der Waals surface area contributed by atoms with Gasteiger partial charge in [-0.05, 0) is 6.07 Å². The van der Waals surface area contributed by atoms with E-state index in [1.165, 1.54) is 6.07 Å². The molecular formula is C10H6Cl2N2O4S. The molecule has 0 aliphatic carbocycles. The number of hydrogen-bond acceptors (Lipinski definition) is 4. The molecule has 1 aromatic heterocycles. The highest BCUT2D eigenvalue weighted by Gasteiger charge is 2.22. The molecule has 1 aromatic carbocycles. The number of nitrogens with two attached hydrogens (primary N) is 1. The summed E-state index contributed by atoms with van der Waals surface area (Å²) >= 11 is 12.6. The van der Waals surface area contributed by atoms with E-state index in [-0.39, 0.29) is 31.7 Å². The van der Waals surface area contributed by atoms with Crippen LogP contribution in [-0.2, 0) is 0 Å². The third-order valence-corrected chi connectivity index (χ3v) is 4.22. The maximum absolute atomic E-state index is 11.4. The molecule has 0 fully saturated rings. The number of anilines is 1. The molecule has 6 nitrogen and oxygen atoms in total. The molecule has 5 N–H and O–H groups in total. The minimum Gasteiger partial charge on any atom is -0.505 e. The van der Waals surface area contributed by atoms with Crippen molar-refractivity contribution in [1.82, 2.24) is 0 Å². The van der Waals surface area contributed by atoms with E-state index >= 15 is 0 Å². The Hall–Kier alpha value is -1.70. The molecule has 0 bridgehead atoms. The Balaban J connectivity index is 2.84. The van der Waals surface area contributed by atoms with Crippen molar-refractivity contribution in [3.8, 4) is 5.75 Å². The number of nitrogens with one attached hydrogen (secondary N) is 1. The van der Waals surface area contributed by atoms with E-state index in [4.69, 9.17) is 34.0 Å². The first-order valence-electron chi connectivity index (χ1n) is 4.76. The van der Waals surface area contributed by atoms with E-state index in [0.717, 1.165) is 11.3 Å². The number of carbonyl (C=O) groups is 2. The van der Waals surface area contributed by atoms with Crippen molar-refractivity contribution in [2.75, 3.05) is 5.32 Å². The first kappa shape index (κ1) is 13.7. The van der Waals surface area contributed by atoms with Crippen LogP contribution in [-0.4, -0.2) is 22.2 Å². The molecule has 1 heterocycles. The van der Waals surface area contributed by atoms with Crippen molar-refractivity contribution >= 4 is 61.6 Å². The zero-order valence-corrected chi connectivity index (χ0v) is 11.4. The lowest BCUT2D eigenvalue weighted by Gasteiger charge is -2.02. The summed E-state index contributed by atoms with van der Waals surface area (Å²) in [5, 5.41) is 20.6. The molecular weight excluding hydrogens is 315 g/mol. The average molecular weight is 321 g/mol. The van der Waals surface area contributed by atoms with Crippen molar-refractivity contribution in [3.63, 3.8) is 0 Å². The van der Waals surface area contributed by atoms with E-state index in [1.807, 2.05) is 0 Å². The normalized spacial score (nSPS) is 10.6. The maximum atomic E-state index is 11.4. The van der Waals surface area contributed by atoms with Gasteiger partial charge in [0.05, 0.1) is 15.3 Å². The molecule has 0 aliphatic heterocycles. The molecule has 0 aliphatic rings. The molecule has 0 saturated heterocycles. The number of carbonyl (C=O) groups excluding carboxylic acids is 1. The summed E-state index contributed by atoms with van der Waals surface area (Å²) in [5.74, 6) is -1.16. The minimum absolute atomic E-state index is 0.0265. The number of halogens is 2. The summed E-state index contributed by atoms with van der Waals surface area (Å²) in [7, 11) is 0. The summed E-state index contributed by atoms with van der Waals surface area (Å²) in [6, 6.07) is 1.31. The monoisotopic (exact) mass is 320 g/mol. The second kappa shape index (κ2) is 4.76. The lowest BCUT2D eigenvalue weighted by Crippen LogP contribution is -2.15. The van der Waals surface area contributed by atoms with Gasteiger partial charge in [-0.15, -0.1) is 11.3 Å². The Labute approximate surface area is 120 Å². The molecule has 2 rings (SSSR count). The lowest BCUT2D eigenvalue weighted by atomic mass is 10.1. The third kappa shape index (κ3) is 2.27. The Morgan fingerprint density at radius 1 is 1.37 bits per heavy atom. The van der Waals surface area contributed by atoms with Crippen LogP contribution >= 0.6 is 34.5 Å². The van der Waals surface area contributed by atoms with Crippen molar-refractivity contribution in [2.45, 2.75) is 0 Å². The molecule has 2 amide bonds. The van der Waals surface area contributed by atoms with Crippen LogP contribution in [0.4, 0.5) is 9.80 Å². The highest BCUT2D eigenvalue weighted by molar-refractivity contribution is 7.24. The second-order valence-corrected chi connectivity index (χ2v) is 5.30. The van der Waals surface area contributed by atoms with Gasteiger partial charge in [-0.2, -0.15) is 0 Å². The predicted octanol–water partition coefficient (Wildman–Crippen LogP) is 3.10. The minimum atomic E-state index is -1.35. The SMILES string of the molecule is NC(=O)c1c(NC(=O)O)sc2c(Cl)c(O)c(Cl)cc12. The van der Waals surface area contributed by atoms with Gasteiger partial charge in [0.25, 0.3) is 5.91 Å². The van der Waals surface area contributed by atoms with Crippen molar-refractivity contribution in [1.29, 1.82) is 0 Å². The van der Waals surface area contributed by atoms with Crippen LogP contribution in [0.15, 0.2) is 6.07 Å². The van der Waals surface area contributed by atoms with Gasteiger partial charge in [0.15, 0.2) is 5.75 Å². The average Bonchev–Trinajstić information content (AvgIpc) is 2.63. The standard InChI is InChI=1S/C10H6Cl2N2O4S/c11-3-1-2-4(8(13)16)9(14-10(17)18)19-7(2)5(12)6(3)15/h1,14-15H,(H2,13,16)(H,17,18). The van der Waals surface area contributed by atoms with Gasteiger partial charge in [-0.1, -0.05) is 23.2 Å². The number of aromatic hydroxyl groups is 1. The van der Waals surface area contributed by atoms with Gasteiger partial charge in [-0.25, -0.2) is 4.79 Å². The van der Waals surface area contributed by atoms with Crippen LogP contribution in [0, 0.1) is 0 Å². The molecule has 2 aromatic rings. The quantitative estimate of drug-likeness (QED) is 0.680. The van der Waals surface area contributed by atoms with Gasteiger partial charge in [0.2, 0.25) is 0 Å². The van der Waals surface area contributed by atoms with Crippen molar-refractivity contribution in [3.05, 3.63) is 21.7 Å². The Bertz CT molecular complexity index is 713. The highest BCUT2D eigenvalue weighted by atomic mass is 35.5. The van der Waals surface area contributed by atoms with Gasteiger partial charge >= 0.3 is 6.09 Å². The number of amides is 2. The van der Waals surface area contributed by atoms with E-state index < -0.39 is 12.0 Å². The summed E-state index contributed by atoms with van der Waals surface area (Å²) in [6.07, 6.45) is -1.35. The lowest BCUT2D eigenvalue weighted by molar-refractivity contribution is 0.100. The number of phenols is 1. The number of phenolic OH excluding ortho intramolecular Hbond substituents is 1. The molecule has 0 radical (unpaired) electrons. The van der Waals surface area contributed by atoms with Gasteiger partial charge in [-0.3, -0.25) is 10.1 Å². The molecule has 9 heteroatoms. The fourth-order valence-corrected chi connectivity index (χ4v) is 3.27. The largest absolute Gasteiger partial charge is 0.505 e. The molecule has 0 saturated carbocycles. The first-order chi connectivity index (χ1) is 8.82. The molecule has 0 atom stereocenters.